The SMILES string of the molecule is O=C(OCc1ccc(C(F)(F)F)cc1)c1cccc(=O)[nH]1. The summed E-state index contributed by atoms with van der Waals surface area (Å²) in [6, 6.07) is 8.28. The zero-order valence-corrected chi connectivity index (χ0v) is 10.6. The van der Waals surface area contributed by atoms with E-state index in [0.717, 1.165) is 12.1 Å². The van der Waals surface area contributed by atoms with Crippen LogP contribution >= 0.6 is 0 Å². The van der Waals surface area contributed by atoms with Crippen LogP contribution < -0.4 is 5.56 Å². The van der Waals surface area contributed by atoms with E-state index in [0.29, 0.717) is 5.56 Å². The van der Waals surface area contributed by atoms with E-state index < -0.39 is 23.3 Å². The third kappa shape index (κ3) is 3.95. The molecule has 1 aromatic carbocycles. The predicted octanol–water partition coefficient (Wildman–Crippen LogP) is 2.75. The lowest BCUT2D eigenvalue weighted by atomic mass is 10.1. The number of halogens is 3. The molecule has 0 aliphatic rings. The second kappa shape index (κ2) is 5.82. The first-order valence-electron chi connectivity index (χ1n) is 5.89. The van der Waals surface area contributed by atoms with Crippen molar-refractivity contribution in [3.8, 4) is 0 Å². The maximum Gasteiger partial charge on any atom is 0.416 e. The Balaban J connectivity index is 2.00. The zero-order chi connectivity index (χ0) is 15.5. The standard InChI is InChI=1S/C14H10F3NO3/c15-14(16,17)10-6-4-9(5-7-10)8-21-13(20)11-2-1-3-12(19)18-11/h1-7H,8H2,(H,18,19). The molecule has 7 heteroatoms. The molecule has 4 nitrogen and oxygen atoms in total. The number of pyridine rings is 1. The van der Waals surface area contributed by atoms with Crippen molar-refractivity contribution >= 4 is 5.97 Å². The number of alkyl halides is 3. The van der Waals surface area contributed by atoms with Gasteiger partial charge >= 0.3 is 12.1 Å². The van der Waals surface area contributed by atoms with Crippen molar-refractivity contribution in [2.75, 3.05) is 0 Å². The van der Waals surface area contributed by atoms with Crippen molar-refractivity contribution < 1.29 is 22.7 Å². The molecule has 0 fully saturated rings. The maximum atomic E-state index is 12.4. The van der Waals surface area contributed by atoms with Crippen LogP contribution in [0.5, 0.6) is 0 Å². The van der Waals surface area contributed by atoms with E-state index in [4.69, 9.17) is 4.74 Å². The largest absolute Gasteiger partial charge is 0.456 e. The molecule has 0 saturated carbocycles. The van der Waals surface area contributed by atoms with Crippen LogP contribution in [0.3, 0.4) is 0 Å². The average molecular weight is 297 g/mol. The van der Waals surface area contributed by atoms with Crippen LogP contribution in [0.4, 0.5) is 13.2 Å². The number of H-pyrrole nitrogens is 1. The fourth-order valence-corrected chi connectivity index (χ4v) is 1.58. The Kier molecular flexibility index (Phi) is 4.11. The second-order valence-electron chi connectivity index (χ2n) is 4.20. The van der Waals surface area contributed by atoms with E-state index in [9.17, 15) is 22.8 Å². The third-order valence-electron chi connectivity index (χ3n) is 2.64. The first-order valence-corrected chi connectivity index (χ1v) is 5.89. The number of esters is 1. The molecule has 0 atom stereocenters. The monoisotopic (exact) mass is 297 g/mol. The van der Waals surface area contributed by atoms with Gasteiger partial charge in [-0.1, -0.05) is 18.2 Å². The van der Waals surface area contributed by atoms with Gasteiger partial charge in [-0.2, -0.15) is 13.2 Å². The Labute approximate surface area is 117 Å². The summed E-state index contributed by atoms with van der Waals surface area (Å²) in [5, 5.41) is 0. The molecule has 1 heterocycles. The molecule has 2 aromatic rings. The van der Waals surface area contributed by atoms with Crippen LogP contribution in [0.1, 0.15) is 21.6 Å². The number of aromatic nitrogens is 1. The van der Waals surface area contributed by atoms with Crippen molar-refractivity contribution in [1.82, 2.24) is 4.98 Å². The predicted molar refractivity (Wildman–Crippen MR) is 67.6 cm³/mol. The zero-order valence-electron chi connectivity index (χ0n) is 10.6. The Bertz CT molecular complexity index is 690. The highest BCUT2D eigenvalue weighted by atomic mass is 19.4. The van der Waals surface area contributed by atoms with Crippen molar-refractivity contribution in [3.05, 3.63) is 69.6 Å². The molecule has 0 radical (unpaired) electrons. The molecule has 1 N–H and O–H groups in total. The first-order chi connectivity index (χ1) is 9.86. The number of carbonyl (C=O) groups excluding carboxylic acids is 1. The molecule has 0 bridgehead atoms. The van der Waals surface area contributed by atoms with Gasteiger partial charge in [0.2, 0.25) is 5.56 Å². The van der Waals surface area contributed by atoms with Crippen LogP contribution in [-0.4, -0.2) is 11.0 Å². The lowest BCUT2D eigenvalue weighted by Crippen LogP contribution is -2.13. The number of rotatable bonds is 3. The van der Waals surface area contributed by atoms with Gasteiger partial charge < -0.3 is 9.72 Å². The smallest absolute Gasteiger partial charge is 0.416 e. The molecule has 2 rings (SSSR count). The van der Waals surface area contributed by atoms with Crippen LogP contribution in [0, 0.1) is 0 Å². The fraction of sp³-hybridized carbons (Fsp3) is 0.143. The number of carbonyl (C=O) groups is 1. The number of hydrogen-bond donors (Lipinski definition) is 1. The van der Waals surface area contributed by atoms with Crippen LogP contribution in [-0.2, 0) is 17.5 Å². The minimum absolute atomic E-state index is 0.0191. The minimum Gasteiger partial charge on any atom is -0.456 e. The second-order valence-corrected chi connectivity index (χ2v) is 4.20. The number of nitrogens with one attached hydrogen (secondary N) is 1. The molecule has 21 heavy (non-hydrogen) atoms. The van der Waals surface area contributed by atoms with E-state index in [-0.39, 0.29) is 12.3 Å². The van der Waals surface area contributed by atoms with E-state index in [1.54, 1.807) is 0 Å². The average Bonchev–Trinajstić information content (AvgIpc) is 2.44. The minimum atomic E-state index is -4.40. The Hall–Kier alpha value is -2.57. The van der Waals surface area contributed by atoms with Gasteiger partial charge in [-0.25, -0.2) is 4.79 Å². The summed E-state index contributed by atoms with van der Waals surface area (Å²) in [5.41, 5.74) is -0.826. The Morgan fingerprint density at radius 2 is 1.76 bits per heavy atom. The highest BCUT2D eigenvalue weighted by molar-refractivity contribution is 5.87. The van der Waals surface area contributed by atoms with Gasteiger partial charge in [0.05, 0.1) is 5.56 Å². The fourth-order valence-electron chi connectivity index (χ4n) is 1.58. The Morgan fingerprint density at radius 3 is 2.33 bits per heavy atom. The summed E-state index contributed by atoms with van der Waals surface area (Å²) in [4.78, 5) is 24.9. The maximum absolute atomic E-state index is 12.4. The van der Waals surface area contributed by atoms with Crippen LogP contribution in [0.2, 0.25) is 0 Å². The quantitative estimate of drug-likeness (QED) is 0.886. The van der Waals surface area contributed by atoms with Gasteiger partial charge in [0.1, 0.15) is 12.3 Å². The third-order valence-corrected chi connectivity index (χ3v) is 2.64. The topological polar surface area (TPSA) is 59.2 Å². The molecule has 0 amide bonds. The number of benzene rings is 1. The van der Waals surface area contributed by atoms with Crippen molar-refractivity contribution in [2.24, 2.45) is 0 Å². The van der Waals surface area contributed by atoms with Gasteiger partial charge in [-0.05, 0) is 23.8 Å². The summed E-state index contributed by atoms with van der Waals surface area (Å²) in [6.07, 6.45) is -4.40. The number of ether oxygens (including phenoxy) is 1. The molecule has 0 saturated heterocycles. The summed E-state index contributed by atoms with van der Waals surface area (Å²) in [7, 11) is 0. The summed E-state index contributed by atoms with van der Waals surface area (Å²) in [5.74, 6) is -0.757. The highest BCUT2D eigenvalue weighted by Crippen LogP contribution is 2.29. The first kappa shape index (κ1) is 14.8. The lowest BCUT2D eigenvalue weighted by Gasteiger charge is -2.08. The molecule has 110 valence electrons. The Morgan fingerprint density at radius 1 is 1.10 bits per heavy atom. The summed E-state index contributed by atoms with van der Waals surface area (Å²) < 4.78 is 42.0. The normalized spacial score (nSPS) is 11.2. The summed E-state index contributed by atoms with van der Waals surface area (Å²) >= 11 is 0. The van der Waals surface area contributed by atoms with Crippen molar-refractivity contribution in [2.45, 2.75) is 12.8 Å². The molecule has 0 aliphatic carbocycles. The molecule has 1 aromatic heterocycles. The van der Waals surface area contributed by atoms with Crippen molar-refractivity contribution in [1.29, 1.82) is 0 Å². The van der Waals surface area contributed by atoms with E-state index in [1.807, 2.05) is 0 Å². The van der Waals surface area contributed by atoms with Crippen molar-refractivity contribution in [3.63, 3.8) is 0 Å². The van der Waals surface area contributed by atoms with Crippen LogP contribution in [0.15, 0.2) is 47.3 Å². The van der Waals surface area contributed by atoms with Gasteiger partial charge in [-0.3, -0.25) is 4.79 Å². The number of hydrogen-bond acceptors (Lipinski definition) is 3. The lowest BCUT2D eigenvalue weighted by molar-refractivity contribution is -0.137. The molecular weight excluding hydrogens is 287 g/mol. The highest BCUT2D eigenvalue weighted by Gasteiger charge is 2.29. The van der Waals surface area contributed by atoms with E-state index >= 15 is 0 Å². The molecule has 0 unspecified atom stereocenters. The van der Waals surface area contributed by atoms with E-state index in [2.05, 4.69) is 4.98 Å². The molecule has 0 spiro atoms. The van der Waals surface area contributed by atoms with Gasteiger partial charge in [0, 0.05) is 6.07 Å². The number of aromatic amines is 1. The molecule has 0 aliphatic heterocycles. The van der Waals surface area contributed by atoms with Gasteiger partial charge in [-0.15, -0.1) is 0 Å². The van der Waals surface area contributed by atoms with Gasteiger partial charge in [0.25, 0.3) is 0 Å². The van der Waals surface area contributed by atoms with Crippen LogP contribution in [0.25, 0.3) is 0 Å². The molecular formula is C14H10F3NO3. The van der Waals surface area contributed by atoms with E-state index in [1.165, 1.54) is 30.3 Å². The van der Waals surface area contributed by atoms with Gasteiger partial charge in [0.15, 0.2) is 0 Å². The summed E-state index contributed by atoms with van der Waals surface area (Å²) in [6.45, 7) is -0.187.